The topological polar surface area (TPSA) is 83.5 Å². The van der Waals surface area contributed by atoms with E-state index in [2.05, 4.69) is 20.1 Å². The normalized spacial score (nSPS) is 19.3. The van der Waals surface area contributed by atoms with E-state index in [1.807, 2.05) is 31.8 Å². The first-order valence-corrected chi connectivity index (χ1v) is 8.63. The molecule has 134 valence electrons. The highest BCUT2D eigenvalue weighted by molar-refractivity contribution is 5.93. The molecule has 2 aliphatic heterocycles. The van der Waals surface area contributed by atoms with Gasteiger partial charge in [0.2, 0.25) is 5.89 Å². The third-order valence-electron chi connectivity index (χ3n) is 4.79. The fraction of sp³-hybridized carbons (Fsp3) is 0.625. The van der Waals surface area contributed by atoms with E-state index in [9.17, 15) is 4.79 Å². The molecule has 2 aliphatic rings. The van der Waals surface area contributed by atoms with Crippen LogP contribution in [0.25, 0.3) is 0 Å². The molecular formula is C16H23N7O2. The second-order valence-electron chi connectivity index (χ2n) is 7.08. The lowest BCUT2D eigenvalue weighted by Crippen LogP contribution is -2.47. The lowest BCUT2D eigenvalue weighted by atomic mass is 10.1. The zero-order chi connectivity index (χ0) is 17.6. The van der Waals surface area contributed by atoms with Gasteiger partial charge in [-0.15, -0.1) is 0 Å². The number of hydrogen-bond donors (Lipinski definition) is 0. The summed E-state index contributed by atoms with van der Waals surface area (Å²) in [5.41, 5.74) is 0.867. The summed E-state index contributed by atoms with van der Waals surface area (Å²) in [4.78, 5) is 22.2. The summed E-state index contributed by atoms with van der Waals surface area (Å²) in [7, 11) is 1.82. The van der Waals surface area contributed by atoms with Crippen LogP contribution in [0.3, 0.4) is 0 Å². The predicted octanol–water partition coefficient (Wildman–Crippen LogP) is 1.32. The van der Waals surface area contributed by atoms with Gasteiger partial charge < -0.3 is 9.42 Å². The molecular weight excluding hydrogens is 322 g/mol. The molecule has 2 aromatic rings. The quantitative estimate of drug-likeness (QED) is 0.813. The monoisotopic (exact) mass is 345 g/mol. The van der Waals surface area contributed by atoms with Crippen LogP contribution in [0, 0.1) is 0 Å². The average molecular weight is 345 g/mol. The Morgan fingerprint density at radius 2 is 2.12 bits per heavy atom. The third-order valence-corrected chi connectivity index (χ3v) is 4.79. The van der Waals surface area contributed by atoms with E-state index in [4.69, 9.17) is 4.52 Å². The largest absolute Gasteiger partial charge is 0.338 e. The van der Waals surface area contributed by atoms with Gasteiger partial charge in [-0.25, -0.2) is 4.79 Å². The Morgan fingerprint density at radius 3 is 2.76 bits per heavy atom. The molecule has 0 unspecified atom stereocenters. The Hall–Kier alpha value is -2.42. The molecule has 2 amide bonds. The van der Waals surface area contributed by atoms with Crippen molar-refractivity contribution in [1.29, 1.82) is 0 Å². The van der Waals surface area contributed by atoms with E-state index in [0.29, 0.717) is 25.0 Å². The fourth-order valence-corrected chi connectivity index (χ4v) is 3.15. The molecule has 0 saturated carbocycles. The van der Waals surface area contributed by atoms with Gasteiger partial charge in [0.05, 0.1) is 24.5 Å². The van der Waals surface area contributed by atoms with Gasteiger partial charge in [-0.2, -0.15) is 10.1 Å². The zero-order valence-electron chi connectivity index (χ0n) is 14.8. The Morgan fingerprint density at radius 1 is 1.32 bits per heavy atom. The van der Waals surface area contributed by atoms with Crippen molar-refractivity contribution in [3.63, 3.8) is 0 Å². The Labute approximate surface area is 146 Å². The van der Waals surface area contributed by atoms with Crippen LogP contribution in [0.15, 0.2) is 16.9 Å². The molecule has 9 heteroatoms. The summed E-state index contributed by atoms with van der Waals surface area (Å²) in [5.74, 6) is 1.69. The molecule has 2 fully saturated rings. The van der Waals surface area contributed by atoms with Crippen molar-refractivity contribution in [1.82, 2.24) is 29.7 Å². The molecule has 4 heterocycles. The van der Waals surface area contributed by atoms with Crippen LogP contribution in [-0.4, -0.2) is 69.0 Å². The number of rotatable bonds is 5. The van der Waals surface area contributed by atoms with E-state index in [0.717, 1.165) is 31.1 Å². The number of nitrogens with zero attached hydrogens (tertiary/aromatic N) is 7. The van der Waals surface area contributed by atoms with Gasteiger partial charge in [0.25, 0.3) is 0 Å². The molecule has 0 atom stereocenters. The number of carbonyl (C=O) groups excluding carboxylic acids is 1. The third kappa shape index (κ3) is 2.99. The first kappa shape index (κ1) is 16.1. The first-order chi connectivity index (χ1) is 12.0. The maximum absolute atomic E-state index is 12.1. The molecule has 2 saturated heterocycles. The molecule has 9 nitrogen and oxygen atoms in total. The Bertz CT molecular complexity index is 762. The van der Waals surface area contributed by atoms with E-state index < -0.39 is 0 Å². The number of hydrogen-bond acceptors (Lipinski definition) is 6. The molecule has 0 radical (unpaired) electrons. The average Bonchev–Trinajstić information content (AvgIpc) is 3.25. The van der Waals surface area contributed by atoms with Crippen molar-refractivity contribution < 1.29 is 9.32 Å². The standard InChI is InChI=1S/C16H23N7O2/c1-11(2)15-18-14(25-19-15)10-21-7-13(8-21)23-9-12(6-17-23)22-5-4-20(3)16(22)24/h6,9,11,13H,4-5,7-8,10H2,1-3H3. The second-order valence-corrected chi connectivity index (χ2v) is 7.08. The summed E-state index contributed by atoms with van der Waals surface area (Å²) >= 11 is 0. The molecule has 0 spiro atoms. The summed E-state index contributed by atoms with van der Waals surface area (Å²) in [6.45, 7) is 8.00. The van der Waals surface area contributed by atoms with E-state index >= 15 is 0 Å². The van der Waals surface area contributed by atoms with Crippen LogP contribution in [0.1, 0.15) is 37.5 Å². The highest BCUT2D eigenvalue weighted by Crippen LogP contribution is 2.26. The number of anilines is 1. The molecule has 0 aliphatic carbocycles. The maximum Gasteiger partial charge on any atom is 0.324 e. The van der Waals surface area contributed by atoms with Crippen molar-refractivity contribution in [2.45, 2.75) is 32.4 Å². The number of likely N-dealkylation sites (tertiary alicyclic amines) is 1. The van der Waals surface area contributed by atoms with E-state index in [1.54, 1.807) is 16.0 Å². The predicted molar refractivity (Wildman–Crippen MR) is 90.3 cm³/mol. The van der Waals surface area contributed by atoms with Crippen molar-refractivity contribution in [2.75, 3.05) is 38.1 Å². The van der Waals surface area contributed by atoms with Gasteiger partial charge in [-0.1, -0.05) is 19.0 Å². The van der Waals surface area contributed by atoms with Gasteiger partial charge in [-0.05, 0) is 0 Å². The second kappa shape index (κ2) is 6.14. The fourth-order valence-electron chi connectivity index (χ4n) is 3.15. The highest BCUT2D eigenvalue weighted by atomic mass is 16.5. The molecule has 0 bridgehead atoms. The van der Waals surface area contributed by atoms with Gasteiger partial charge in [-0.3, -0.25) is 14.5 Å². The van der Waals surface area contributed by atoms with Gasteiger partial charge in [0.1, 0.15) is 0 Å². The lowest BCUT2D eigenvalue weighted by Gasteiger charge is -2.38. The maximum atomic E-state index is 12.1. The molecule has 25 heavy (non-hydrogen) atoms. The SMILES string of the molecule is CC(C)c1noc(CN2CC(n3cc(N4CCN(C)C4=O)cn3)C2)n1. The number of urea groups is 1. The van der Waals surface area contributed by atoms with Crippen molar-refractivity contribution >= 4 is 11.7 Å². The van der Waals surface area contributed by atoms with Crippen molar-refractivity contribution in [3.8, 4) is 0 Å². The number of carbonyl (C=O) groups is 1. The van der Waals surface area contributed by atoms with Crippen LogP contribution in [0.4, 0.5) is 10.5 Å². The van der Waals surface area contributed by atoms with E-state index in [1.165, 1.54) is 0 Å². The smallest absolute Gasteiger partial charge is 0.324 e. The molecule has 4 rings (SSSR count). The zero-order valence-corrected chi connectivity index (χ0v) is 14.8. The molecule has 0 aromatic carbocycles. The van der Waals surface area contributed by atoms with Gasteiger partial charge in [0.15, 0.2) is 5.82 Å². The lowest BCUT2D eigenvalue weighted by molar-refractivity contribution is 0.0791. The van der Waals surface area contributed by atoms with Crippen molar-refractivity contribution in [3.05, 3.63) is 24.1 Å². The van der Waals surface area contributed by atoms with E-state index in [-0.39, 0.29) is 11.9 Å². The molecule has 2 aromatic heterocycles. The summed E-state index contributed by atoms with van der Waals surface area (Å²) in [6.07, 6.45) is 3.73. The summed E-state index contributed by atoms with van der Waals surface area (Å²) in [5, 5.41) is 8.43. The number of amides is 2. The van der Waals surface area contributed by atoms with Crippen LogP contribution >= 0.6 is 0 Å². The van der Waals surface area contributed by atoms with Gasteiger partial charge >= 0.3 is 6.03 Å². The van der Waals surface area contributed by atoms with Crippen LogP contribution in [0.5, 0.6) is 0 Å². The minimum Gasteiger partial charge on any atom is -0.338 e. The summed E-state index contributed by atoms with van der Waals surface area (Å²) in [6, 6.07) is 0.351. The number of aromatic nitrogens is 4. The number of likely N-dealkylation sites (N-methyl/N-ethyl adjacent to an activating group) is 1. The minimum atomic E-state index is 0.0344. The minimum absolute atomic E-state index is 0.0344. The highest BCUT2D eigenvalue weighted by Gasteiger charge is 2.32. The van der Waals surface area contributed by atoms with Crippen LogP contribution in [-0.2, 0) is 6.54 Å². The summed E-state index contributed by atoms with van der Waals surface area (Å²) < 4.78 is 7.24. The van der Waals surface area contributed by atoms with Crippen molar-refractivity contribution in [2.24, 2.45) is 0 Å². The Kier molecular flexibility index (Phi) is 3.95. The first-order valence-electron chi connectivity index (χ1n) is 8.63. The van der Waals surface area contributed by atoms with Crippen LogP contribution in [0.2, 0.25) is 0 Å². The van der Waals surface area contributed by atoms with Crippen LogP contribution < -0.4 is 4.90 Å². The van der Waals surface area contributed by atoms with Gasteiger partial charge in [0, 0.05) is 45.3 Å². The Balaban J connectivity index is 1.32. The molecule has 0 N–H and O–H groups in total.